The van der Waals surface area contributed by atoms with E-state index in [4.69, 9.17) is 4.84 Å². The summed E-state index contributed by atoms with van der Waals surface area (Å²) in [4.78, 5) is 5.12. The molecule has 0 saturated carbocycles. The fourth-order valence-corrected chi connectivity index (χ4v) is 1.03. The highest BCUT2D eigenvalue weighted by atomic mass is 16.6. The second kappa shape index (κ2) is 3.56. The maximum Gasteiger partial charge on any atom is 0.145 e. The van der Waals surface area contributed by atoms with Crippen LogP contribution in [0.25, 0.3) is 0 Å². The molecule has 1 aliphatic rings. The van der Waals surface area contributed by atoms with Gasteiger partial charge in [-0.05, 0) is 13.5 Å². The number of hydrogen-bond acceptors (Lipinski definition) is 3. The Morgan fingerprint density at radius 2 is 2.60 bits per heavy atom. The summed E-state index contributed by atoms with van der Waals surface area (Å²) in [6.07, 6.45) is 2.29. The van der Waals surface area contributed by atoms with E-state index in [0.717, 1.165) is 19.4 Å². The van der Waals surface area contributed by atoms with Crippen LogP contribution in [0.4, 0.5) is 0 Å². The Labute approximate surface area is 61.4 Å². The van der Waals surface area contributed by atoms with Gasteiger partial charge in [0.05, 0.1) is 5.71 Å². The molecule has 0 amide bonds. The molecule has 1 rings (SSSR count). The fourth-order valence-electron chi connectivity index (χ4n) is 1.03. The minimum Gasteiger partial charge on any atom is -0.391 e. The average Bonchev–Trinajstić information content (AvgIpc) is 2.37. The lowest BCUT2D eigenvalue weighted by Gasteiger charge is -2.04. The van der Waals surface area contributed by atoms with Crippen LogP contribution in [0.2, 0.25) is 0 Å². The second-order valence-corrected chi connectivity index (χ2v) is 2.50. The van der Waals surface area contributed by atoms with Gasteiger partial charge >= 0.3 is 0 Å². The van der Waals surface area contributed by atoms with Crippen molar-refractivity contribution in [3.8, 4) is 0 Å². The summed E-state index contributed by atoms with van der Waals surface area (Å²) < 4.78 is 0. The van der Waals surface area contributed by atoms with Crippen LogP contribution in [0.15, 0.2) is 5.16 Å². The van der Waals surface area contributed by atoms with Gasteiger partial charge in [0.15, 0.2) is 0 Å². The number of nitrogens with zero attached hydrogens (tertiary/aromatic N) is 1. The third-order valence-electron chi connectivity index (χ3n) is 1.63. The minimum absolute atomic E-state index is 0.278. The van der Waals surface area contributed by atoms with Crippen LogP contribution < -0.4 is 5.32 Å². The van der Waals surface area contributed by atoms with Gasteiger partial charge in [0.2, 0.25) is 0 Å². The zero-order chi connectivity index (χ0) is 7.40. The van der Waals surface area contributed by atoms with Gasteiger partial charge in [-0.3, -0.25) is 0 Å². The summed E-state index contributed by atoms with van der Waals surface area (Å²) >= 11 is 0. The summed E-state index contributed by atoms with van der Waals surface area (Å²) in [6.45, 7) is 3.00. The van der Waals surface area contributed by atoms with Crippen molar-refractivity contribution in [1.29, 1.82) is 0 Å². The Bertz CT molecular complexity index is 134. The first-order valence-corrected chi connectivity index (χ1v) is 3.73. The van der Waals surface area contributed by atoms with Crippen molar-refractivity contribution in [3.63, 3.8) is 0 Å². The molecule has 0 radical (unpaired) electrons. The van der Waals surface area contributed by atoms with Gasteiger partial charge in [0, 0.05) is 13.0 Å². The lowest BCUT2D eigenvalue weighted by Crippen LogP contribution is -2.23. The van der Waals surface area contributed by atoms with Gasteiger partial charge in [-0.2, -0.15) is 0 Å². The highest BCUT2D eigenvalue weighted by Crippen LogP contribution is 2.10. The highest BCUT2D eigenvalue weighted by Gasteiger charge is 2.17. The Morgan fingerprint density at radius 3 is 3.10 bits per heavy atom. The van der Waals surface area contributed by atoms with Gasteiger partial charge in [-0.25, -0.2) is 0 Å². The van der Waals surface area contributed by atoms with Crippen molar-refractivity contribution in [2.45, 2.75) is 25.9 Å². The highest BCUT2D eigenvalue weighted by molar-refractivity contribution is 5.85. The molecule has 0 unspecified atom stereocenters. The molecule has 10 heavy (non-hydrogen) atoms. The Kier molecular flexibility index (Phi) is 2.68. The lowest BCUT2D eigenvalue weighted by atomic mass is 10.1. The van der Waals surface area contributed by atoms with Gasteiger partial charge < -0.3 is 10.2 Å². The monoisotopic (exact) mass is 142 g/mol. The van der Waals surface area contributed by atoms with Crippen molar-refractivity contribution in [1.82, 2.24) is 5.32 Å². The molecular weight excluding hydrogens is 128 g/mol. The molecule has 1 atom stereocenters. The van der Waals surface area contributed by atoms with Crippen LogP contribution in [-0.2, 0) is 4.84 Å². The summed E-state index contributed by atoms with van der Waals surface area (Å²) in [5.74, 6) is 0. The third-order valence-corrected chi connectivity index (χ3v) is 1.63. The maximum absolute atomic E-state index is 5.12. The van der Waals surface area contributed by atoms with Gasteiger partial charge in [-0.1, -0.05) is 12.1 Å². The van der Waals surface area contributed by atoms with Crippen LogP contribution in [0.1, 0.15) is 19.8 Å². The number of nitrogens with one attached hydrogen (secondary N) is 1. The predicted molar refractivity (Wildman–Crippen MR) is 41.1 cm³/mol. The van der Waals surface area contributed by atoms with E-state index >= 15 is 0 Å². The normalized spacial score (nSPS) is 24.2. The fraction of sp³-hybridized carbons (Fsp3) is 0.857. The summed E-state index contributed by atoms with van der Waals surface area (Å²) in [7, 11) is 1.92. The van der Waals surface area contributed by atoms with E-state index in [1.807, 2.05) is 7.05 Å². The van der Waals surface area contributed by atoms with E-state index in [2.05, 4.69) is 17.4 Å². The molecule has 0 aromatic carbocycles. The van der Waals surface area contributed by atoms with E-state index in [-0.39, 0.29) is 6.10 Å². The van der Waals surface area contributed by atoms with Crippen molar-refractivity contribution in [2.24, 2.45) is 5.16 Å². The first kappa shape index (κ1) is 7.54. The Balaban J connectivity index is 2.22. The summed E-state index contributed by atoms with van der Waals surface area (Å²) in [5, 5.41) is 6.99. The molecule has 1 N–H and O–H groups in total. The van der Waals surface area contributed by atoms with Crippen LogP contribution in [0.3, 0.4) is 0 Å². The van der Waals surface area contributed by atoms with Crippen molar-refractivity contribution in [3.05, 3.63) is 0 Å². The molecule has 3 nitrogen and oxygen atoms in total. The predicted octanol–water partition coefficient (Wildman–Crippen LogP) is 0.761. The quantitative estimate of drug-likeness (QED) is 0.631. The van der Waals surface area contributed by atoms with Crippen LogP contribution in [-0.4, -0.2) is 25.4 Å². The summed E-state index contributed by atoms with van der Waals surface area (Å²) in [6, 6.07) is 0. The first-order valence-electron chi connectivity index (χ1n) is 3.73. The molecule has 0 saturated heterocycles. The van der Waals surface area contributed by atoms with E-state index in [1.54, 1.807) is 0 Å². The van der Waals surface area contributed by atoms with Crippen LogP contribution in [0.5, 0.6) is 0 Å². The molecule has 58 valence electrons. The van der Waals surface area contributed by atoms with Gasteiger partial charge in [0.1, 0.15) is 6.10 Å². The largest absolute Gasteiger partial charge is 0.391 e. The number of hydrogen-bond donors (Lipinski definition) is 1. The van der Waals surface area contributed by atoms with E-state index in [0.29, 0.717) is 0 Å². The molecule has 3 heteroatoms. The summed E-state index contributed by atoms with van der Waals surface area (Å²) in [5.41, 5.74) is 1.18. The molecular formula is C7H14N2O. The van der Waals surface area contributed by atoms with Crippen molar-refractivity contribution >= 4 is 5.71 Å². The lowest BCUT2D eigenvalue weighted by molar-refractivity contribution is 0.0866. The van der Waals surface area contributed by atoms with Crippen molar-refractivity contribution in [2.75, 3.05) is 13.6 Å². The third kappa shape index (κ3) is 1.70. The minimum atomic E-state index is 0.278. The molecule has 0 bridgehead atoms. The SMILES string of the molecule is CCC1=NO[C@@H](CNC)C1. The molecule has 0 spiro atoms. The molecule has 0 aromatic heterocycles. The Hall–Kier alpha value is -0.570. The first-order chi connectivity index (χ1) is 4.86. The molecule has 1 aliphatic heterocycles. The van der Waals surface area contributed by atoms with E-state index in [1.165, 1.54) is 5.71 Å². The van der Waals surface area contributed by atoms with E-state index in [9.17, 15) is 0 Å². The molecule has 0 fully saturated rings. The smallest absolute Gasteiger partial charge is 0.145 e. The van der Waals surface area contributed by atoms with Gasteiger partial charge in [-0.15, -0.1) is 0 Å². The van der Waals surface area contributed by atoms with Crippen molar-refractivity contribution < 1.29 is 4.84 Å². The van der Waals surface area contributed by atoms with Gasteiger partial charge in [0.25, 0.3) is 0 Å². The van der Waals surface area contributed by atoms with Crippen LogP contribution >= 0.6 is 0 Å². The van der Waals surface area contributed by atoms with E-state index < -0.39 is 0 Å². The zero-order valence-electron chi connectivity index (χ0n) is 6.55. The number of oxime groups is 1. The zero-order valence-corrected chi connectivity index (χ0v) is 6.55. The molecule has 0 aliphatic carbocycles. The molecule has 0 aromatic rings. The number of rotatable bonds is 3. The maximum atomic E-state index is 5.12. The Morgan fingerprint density at radius 1 is 1.80 bits per heavy atom. The molecule has 1 heterocycles. The topological polar surface area (TPSA) is 33.6 Å². The standard InChI is InChI=1S/C7H14N2O/c1-3-6-4-7(5-8-2)10-9-6/h7-8H,3-5H2,1-2H3/t7-/m1/s1. The number of likely N-dealkylation sites (N-methyl/N-ethyl adjacent to an activating group) is 1. The second-order valence-electron chi connectivity index (χ2n) is 2.50. The van der Waals surface area contributed by atoms with Crippen LogP contribution in [0, 0.1) is 0 Å². The average molecular weight is 142 g/mol.